The molecular formula is C8H9N4+. The first kappa shape index (κ1) is 6.84. The number of nitrogens with zero attached hydrogens (tertiary/aromatic N) is 3. The topological polar surface area (TPSA) is 47.7 Å². The molecule has 0 bridgehead atoms. The van der Waals surface area contributed by atoms with Gasteiger partial charge >= 0.3 is 0 Å². The zero-order chi connectivity index (χ0) is 8.39. The Bertz CT molecular complexity index is 366. The third kappa shape index (κ3) is 1.03. The SMILES string of the molecule is Nc1ccnn1-[n+]1ccccc1. The molecule has 0 fully saturated rings. The van der Waals surface area contributed by atoms with Crippen LogP contribution in [0.25, 0.3) is 0 Å². The number of hydrogen-bond acceptors (Lipinski definition) is 2. The normalized spacial score (nSPS) is 10.0. The summed E-state index contributed by atoms with van der Waals surface area (Å²) in [5.41, 5.74) is 5.65. The summed E-state index contributed by atoms with van der Waals surface area (Å²) in [5.74, 6) is 0.617. The predicted molar refractivity (Wildman–Crippen MR) is 44.1 cm³/mol. The lowest BCUT2D eigenvalue weighted by molar-refractivity contribution is -0.734. The summed E-state index contributed by atoms with van der Waals surface area (Å²) in [6.07, 6.45) is 5.42. The van der Waals surface area contributed by atoms with Gasteiger partial charge in [-0.15, -0.1) is 4.68 Å². The van der Waals surface area contributed by atoms with E-state index < -0.39 is 0 Å². The highest BCUT2D eigenvalue weighted by molar-refractivity contribution is 5.24. The van der Waals surface area contributed by atoms with E-state index in [0.29, 0.717) is 5.82 Å². The van der Waals surface area contributed by atoms with Crippen molar-refractivity contribution in [3.05, 3.63) is 42.9 Å². The van der Waals surface area contributed by atoms with Gasteiger partial charge in [-0.3, -0.25) is 0 Å². The second-order valence-electron chi connectivity index (χ2n) is 2.40. The highest BCUT2D eigenvalue weighted by Gasteiger charge is 2.05. The third-order valence-electron chi connectivity index (χ3n) is 1.57. The molecule has 0 radical (unpaired) electrons. The van der Waals surface area contributed by atoms with Crippen LogP contribution in [0.4, 0.5) is 5.82 Å². The Balaban J connectivity index is 2.51. The Labute approximate surface area is 69.8 Å². The summed E-state index contributed by atoms with van der Waals surface area (Å²) < 4.78 is 1.80. The van der Waals surface area contributed by atoms with Crippen LogP contribution in [0.1, 0.15) is 0 Å². The van der Waals surface area contributed by atoms with Crippen LogP contribution in [0.3, 0.4) is 0 Å². The van der Waals surface area contributed by atoms with E-state index in [9.17, 15) is 0 Å². The van der Waals surface area contributed by atoms with E-state index >= 15 is 0 Å². The smallest absolute Gasteiger partial charge is 0.193 e. The number of rotatable bonds is 1. The van der Waals surface area contributed by atoms with E-state index in [1.807, 2.05) is 30.6 Å². The maximum atomic E-state index is 5.65. The Morgan fingerprint density at radius 2 is 2.00 bits per heavy atom. The van der Waals surface area contributed by atoms with Gasteiger partial charge in [0, 0.05) is 16.0 Å². The van der Waals surface area contributed by atoms with Crippen molar-refractivity contribution in [3.63, 3.8) is 0 Å². The second kappa shape index (κ2) is 2.65. The third-order valence-corrected chi connectivity index (χ3v) is 1.57. The number of hydrogen-bond donors (Lipinski definition) is 1. The lowest BCUT2D eigenvalue weighted by Crippen LogP contribution is -2.42. The zero-order valence-corrected chi connectivity index (χ0v) is 6.46. The molecule has 0 atom stereocenters. The standard InChI is InChI=1S/C8H9N4/c9-8-4-5-10-12(8)11-6-2-1-3-7-11/h1-7H,9H2/q+1. The number of nitrogen functional groups attached to an aromatic ring is 1. The molecular weight excluding hydrogens is 152 g/mol. The predicted octanol–water partition coefficient (Wildman–Crippen LogP) is 0.0642. The Hall–Kier alpha value is -1.84. The molecule has 0 saturated carbocycles. The molecule has 0 saturated heterocycles. The van der Waals surface area contributed by atoms with E-state index in [0.717, 1.165) is 0 Å². The van der Waals surface area contributed by atoms with Gasteiger partial charge in [0.1, 0.15) is 12.4 Å². The molecule has 2 rings (SSSR count). The van der Waals surface area contributed by atoms with Crippen LogP contribution in [0.5, 0.6) is 0 Å². The molecule has 4 nitrogen and oxygen atoms in total. The molecule has 0 spiro atoms. The van der Waals surface area contributed by atoms with Crippen molar-refractivity contribution in [1.29, 1.82) is 0 Å². The first-order chi connectivity index (χ1) is 5.88. The van der Waals surface area contributed by atoms with Gasteiger partial charge in [-0.05, 0) is 12.1 Å². The molecule has 0 unspecified atom stereocenters. The van der Waals surface area contributed by atoms with Crippen LogP contribution in [0.15, 0.2) is 42.9 Å². The van der Waals surface area contributed by atoms with Gasteiger partial charge < -0.3 is 5.73 Å². The van der Waals surface area contributed by atoms with Crippen molar-refractivity contribution in [3.8, 4) is 0 Å². The average Bonchev–Trinajstić information content (AvgIpc) is 2.53. The summed E-state index contributed by atoms with van der Waals surface area (Å²) >= 11 is 0. The van der Waals surface area contributed by atoms with Crippen molar-refractivity contribution in [1.82, 2.24) is 9.89 Å². The zero-order valence-electron chi connectivity index (χ0n) is 6.46. The number of anilines is 1. The summed E-state index contributed by atoms with van der Waals surface area (Å²) in [6, 6.07) is 7.53. The average molecular weight is 161 g/mol. The molecule has 0 aromatic carbocycles. The molecule has 0 amide bonds. The van der Waals surface area contributed by atoms with Gasteiger partial charge in [-0.25, -0.2) is 0 Å². The van der Waals surface area contributed by atoms with Gasteiger partial charge in [0.15, 0.2) is 12.0 Å². The highest BCUT2D eigenvalue weighted by atomic mass is 15.6. The van der Waals surface area contributed by atoms with Crippen molar-refractivity contribution in [2.45, 2.75) is 0 Å². The second-order valence-corrected chi connectivity index (χ2v) is 2.40. The number of pyridine rings is 1. The lowest BCUT2D eigenvalue weighted by atomic mass is 10.5. The van der Waals surface area contributed by atoms with E-state index in [1.54, 1.807) is 21.7 Å². The molecule has 2 N–H and O–H groups in total. The van der Waals surface area contributed by atoms with E-state index in [4.69, 9.17) is 5.73 Å². The summed E-state index contributed by atoms with van der Waals surface area (Å²) in [5, 5.41) is 4.04. The summed E-state index contributed by atoms with van der Waals surface area (Å²) in [7, 11) is 0. The summed E-state index contributed by atoms with van der Waals surface area (Å²) in [6.45, 7) is 0. The molecule has 60 valence electrons. The van der Waals surface area contributed by atoms with Crippen LogP contribution in [0.2, 0.25) is 0 Å². The van der Waals surface area contributed by atoms with Gasteiger partial charge in [-0.1, -0.05) is 6.07 Å². The maximum absolute atomic E-state index is 5.65. The van der Waals surface area contributed by atoms with E-state index in [2.05, 4.69) is 5.10 Å². The molecule has 0 aliphatic rings. The minimum absolute atomic E-state index is 0.617. The van der Waals surface area contributed by atoms with Crippen LogP contribution in [-0.2, 0) is 0 Å². The number of nitrogens with two attached hydrogens (primary N) is 1. The summed E-state index contributed by atoms with van der Waals surface area (Å²) in [4.78, 5) is 1.61. The van der Waals surface area contributed by atoms with Gasteiger partial charge in [-0.2, -0.15) is 0 Å². The first-order valence-corrected chi connectivity index (χ1v) is 3.64. The molecule has 12 heavy (non-hydrogen) atoms. The van der Waals surface area contributed by atoms with Crippen LogP contribution in [0, 0.1) is 0 Å². The Morgan fingerprint density at radius 3 is 2.58 bits per heavy atom. The molecule has 0 aliphatic heterocycles. The van der Waals surface area contributed by atoms with Crippen LogP contribution >= 0.6 is 0 Å². The molecule has 0 aliphatic carbocycles. The fraction of sp³-hybridized carbons (Fsp3) is 0. The fourth-order valence-electron chi connectivity index (χ4n) is 1.02. The van der Waals surface area contributed by atoms with Crippen LogP contribution in [-0.4, -0.2) is 9.89 Å². The molecule has 4 heteroatoms. The first-order valence-electron chi connectivity index (χ1n) is 3.64. The largest absolute Gasteiger partial charge is 0.379 e. The quantitative estimate of drug-likeness (QED) is 0.601. The molecule has 2 aromatic heterocycles. The fourth-order valence-corrected chi connectivity index (χ4v) is 1.02. The minimum atomic E-state index is 0.617. The van der Waals surface area contributed by atoms with Crippen molar-refractivity contribution in [2.24, 2.45) is 0 Å². The highest BCUT2D eigenvalue weighted by Crippen LogP contribution is 1.94. The Kier molecular flexibility index (Phi) is 1.51. The Morgan fingerprint density at radius 1 is 1.25 bits per heavy atom. The molecule has 2 heterocycles. The van der Waals surface area contributed by atoms with Crippen molar-refractivity contribution < 1.29 is 4.68 Å². The van der Waals surface area contributed by atoms with Gasteiger partial charge in [0.2, 0.25) is 0 Å². The lowest BCUT2D eigenvalue weighted by Gasteiger charge is -1.95. The number of aromatic nitrogens is 3. The van der Waals surface area contributed by atoms with Crippen LogP contribution < -0.4 is 10.4 Å². The van der Waals surface area contributed by atoms with Gasteiger partial charge in [0.25, 0.3) is 0 Å². The van der Waals surface area contributed by atoms with E-state index in [-0.39, 0.29) is 0 Å². The minimum Gasteiger partial charge on any atom is -0.379 e. The van der Waals surface area contributed by atoms with Gasteiger partial charge in [0.05, 0.1) is 0 Å². The van der Waals surface area contributed by atoms with Crippen molar-refractivity contribution >= 4 is 5.82 Å². The van der Waals surface area contributed by atoms with Crippen molar-refractivity contribution in [2.75, 3.05) is 5.73 Å². The monoisotopic (exact) mass is 161 g/mol. The maximum Gasteiger partial charge on any atom is 0.193 e. The molecule has 2 aromatic rings. The van der Waals surface area contributed by atoms with E-state index in [1.165, 1.54) is 0 Å².